The monoisotopic (exact) mass is 553 g/mol. The third kappa shape index (κ3) is 7.14. The van der Waals surface area contributed by atoms with Gasteiger partial charge in [-0.05, 0) is 37.9 Å². The first-order valence-electron chi connectivity index (χ1n) is 13.1. The molecule has 11 heteroatoms. The van der Waals surface area contributed by atoms with E-state index in [0.29, 0.717) is 42.5 Å². The second kappa shape index (κ2) is 13.4. The van der Waals surface area contributed by atoms with Crippen molar-refractivity contribution in [1.29, 1.82) is 0 Å². The van der Waals surface area contributed by atoms with E-state index in [9.17, 15) is 9.59 Å². The van der Waals surface area contributed by atoms with E-state index in [1.165, 1.54) is 6.20 Å². The average molecular weight is 554 g/mol. The van der Waals surface area contributed by atoms with Crippen molar-refractivity contribution < 1.29 is 9.59 Å². The SMILES string of the molecule is CN=C/C(=C\N)Nc1ncc2c(n1)N(c1cccc(N(C)C(=O)/C=C/CN(C)C)c1)C(=O)N(Cc1ccccc1)C2. The summed E-state index contributed by atoms with van der Waals surface area (Å²) in [5.41, 5.74) is 9.20. The molecule has 0 aliphatic carbocycles. The fraction of sp³-hybridized carbons (Fsp3) is 0.233. The summed E-state index contributed by atoms with van der Waals surface area (Å²) in [6.45, 7) is 1.40. The van der Waals surface area contributed by atoms with Crippen LogP contribution in [0.5, 0.6) is 0 Å². The Kier molecular flexibility index (Phi) is 9.43. The van der Waals surface area contributed by atoms with Gasteiger partial charge in [-0.15, -0.1) is 0 Å². The number of amides is 3. The van der Waals surface area contributed by atoms with Gasteiger partial charge in [0.2, 0.25) is 11.9 Å². The summed E-state index contributed by atoms with van der Waals surface area (Å²) in [5, 5.41) is 3.04. The number of nitrogens with zero attached hydrogens (tertiary/aromatic N) is 7. The number of hydrogen-bond donors (Lipinski definition) is 2. The number of anilines is 4. The van der Waals surface area contributed by atoms with Crippen LogP contribution in [-0.4, -0.2) is 72.7 Å². The van der Waals surface area contributed by atoms with Gasteiger partial charge in [0.25, 0.3) is 0 Å². The van der Waals surface area contributed by atoms with Crippen molar-refractivity contribution in [2.45, 2.75) is 13.1 Å². The van der Waals surface area contributed by atoms with Gasteiger partial charge in [0.15, 0.2) is 5.82 Å². The topological polar surface area (TPSA) is 123 Å². The Morgan fingerprint density at radius 2 is 1.93 bits per heavy atom. The first-order valence-corrected chi connectivity index (χ1v) is 13.1. The molecule has 1 aliphatic heterocycles. The lowest BCUT2D eigenvalue weighted by Gasteiger charge is -2.36. The maximum atomic E-state index is 14.0. The number of benzene rings is 2. The molecule has 0 unspecified atom stereocenters. The van der Waals surface area contributed by atoms with E-state index in [0.717, 1.165) is 11.1 Å². The number of aromatic nitrogens is 2. The number of nitrogens with one attached hydrogen (secondary N) is 1. The molecule has 0 saturated carbocycles. The summed E-state index contributed by atoms with van der Waals surface area (Å²) in [4.78, 5) is 46.8. The zero-order valence-corrected chi connectivity index (χ0v) is 23.7. The molecule has 0 fully saturated rings. The van der Waals surface area contributed by atoms with E-state index in [-0.39, 0.29) is 17.9 Å². The van der Waals surface area contributed by atoms with Crippen molar-refractivity contribution in [2.24, 2.45) is 10.7 Å². The molecule has 0 bridgehead atoms. The second-order valence-corrected chi connectivity index (χ2v) is 9.72. The lowest BCUT2D eigenvalue weighted by molar-refractivity contribution is -0.113. The number of urea groups is 1. The highest BCUT2D eigenvalue weighted by molar-refractivity contribution is 6.04. The molecule has 0 spiro atoms. The van der Waals surface area contributed by atoms with E-state index in [4.69, 9.17) is 10.7 Å². The van der Waals surface area contributed by atoms with Gasteiger partial charge in [-0.25, -0.2) is 14.7 Å². The van der Waals surface area contributed by atoms with Crippen LogP contribution in [0.15, 0.2) is 89.8 Å². The van der Waals surface area contributed by atoms with E-state index in [1.807, 2.05) is 73.6 Å². The average Bonchev–Trinajstić information content (AvgIpc) is 2.97. The molecule has 1 aliphatic rings. The van der Waals surface area contributed by atoms with Crippen LogP contribution in [0.2, 0.25) is 0 Å². The summed E-state index contributed by atoms with van der Waals surface area (Å²) in [6, 6.07) is 16.8. The van der Waals surface area contributed by atoms with Gasteiger partial charge in [0.1, 0.15) is 0 Å². The maximum absolute atomic E-state index is 14.0. The molecule has 0 radical (unpaired) electrons. The Balaban J connectivity index is 1.72. The fourth-order valence-corrected chi connectivity index (χ4v) is 4.26. The predicted molar refractivity (Wildman–Crippen MR) is 163 cm³/mol. The van der Waals surface area contributed by atoms with Crippen molar-refractivity contribution in [2.75, 3.05) is 49.9 Å². The van der Waals surface area contributed by atoms with Crippen LogP contribution in [0.4, 0.5) is 27.9 Å². The molecular weight excluding hydrogens is 518 g/mol. The minimum Gasteiger partial charge on any atom is -0.403 e. The molecule has 2 heterocycles. The summed E-state index contributed by atoms with van der Waals surface area (Å²) in [7, 11) is 7.21. The van der Waals surface area contributed by atoms with Crippen LogP contribution in [0, 0.1) is 0 Å². The first kappa shape index (κ1) is 29.0. The third-order valence-electron chi connectivity index (χ3n) is 6.33. The van der Waals surface area contributed by atoms with Gasteiger partial charge in [0, 0.05) is 63.1 Å². The molecule has 3 amide bonds. The van der Waals surface area contributed by atoms with E-state index in [1.54, 1.807) is 53.3 Å². The number of aliphatic imine (C=N–C) groups is 1. The Morgan fingerprint density at radius 1 is 1.15 bits per heavy atom. The van der Waals surface area contributed by atoms with Gasteiger partial charge < -0.3 is 25.8 Å². The highest BCUT2D eigenvalue weighted by Crippen LogP contribution is 2.36. The van der Waals surface area contributed by atoms with Crippen molar-refractivity contribution in [3.8, 4) is 0 Å². The van der Waals surface area contributed by atoms with Gasteiger partial charge >= 0.3 is 6.03 Å². The van der Waals surface area contributed by atoms with Crippen molar-refractivity contribution in [3.05, 3.63) is 96.0 Å². The van der Waals surface area contributed by atoms with E-state index in [2.05, 4.69) is 15.3 Å². The standard InChI is InChI=1S/C30H35N9O2/c1-32-19-24(17-31)34-29-33-18-23-21-38(20-22-10-6-5-7-11-22)30(41)39(28(23)35-29)26-13-8-12-25(16-26)37(4)27(40)14-9-15-36(2)3/h5-14,16-19H,15,20-21,31H2,1-4H3,(H,33,34,35)/b14-9+,24-17+,32-19?. The minimum absolute atomic E-state index is 0.174. The number of rotatable bonds is 10. The lowest BCUT2D eigenvalue weighted by Crippen LogP contribution is -2.45. The number of allylic oxidation sites excluding steroid dienone is 1. The zero-order valence-electron chi connectivity index (χ0n) is 23.7. The molecular formula is C30H35N9O2. The van der Waals surface area contributed by atoms with Crippen molar-refractivity contribution >= 4 is 41.3 Å². The Labute approximate surface area is 240 Å². The zero-order chi connectivity index (χ0) is 29.4. The number of fused-ring (bicyclic) bond motifs is 1. The Bertz CT molecular complexity index is 1470. The number of carbonyl (C=O) groups is 2. The van der Waals surface area contributed by atoms with E-state index < -0.39 is 0 Å². The number of likely N-dealkylation sites (N-methyl/N-ethyl adjacent to an activating group) is 2. The first-order chi connectivity index (χ1) is 19.8. The highest BCUT2D eigenvalue weighted by atomic mass is 16.2. The molecule has 3 aromatic rings. The van der Waals surface area contributed by atoms with Crippen molar-refractivity contribution in [1.82, 2.24) is 19.8 Å². The third-order valence-corrected chi connectivity index (χ3v) is 6.33. The predicted octanol–water partition coefficient (Wildman–Crippen LogP) is 3.74. The molecule has 41 heavy (non-hydrogen) atoms. The molecule has 0 saturated heterocycles. The molecule has 3 N–H and O–H groups in total. The summed E-state index contributed by atoms with van der Waals surface area (Å²) in [6.07, 6.45) is 7.98. The number of hydrogen-bond acceptors (Lipinski definition) is 8. The van der Waals surface area contributed by atoms with Gasteiger partial charge in [-0.3, -0.25) is 9.79 Å². The second-order valence-electron chi connectivity index (χ2n) is 9.72. The normalized spacial score (nSPS) is 13.8. The number of carbonyl (C=O) groups excluding carboxylic acids is 2. The Morgan fingerprint density at radius 3 is 2.63 bits per heavy atom. The fourth-order valence-electron chi connectivity index (χ4n) is 4.26. The minimum atomic E-state index is -0.243. The quantitative estimate of drug-likeness (QED) is 0.290. The van der Waals surface area contributed by atoms with Crippen LogP contribution in [0.25, 0.3) is 0 Å². The summed E-state index contributed by atoms with van der Waals surface area (Å²) in [5.74, 6) is 0.537. The molecule has 4 rings (SSSR count). The Hall–Kier alpha value is -5.03. The smallest absolute Gasteiger partial charge is 0.330 e. The lowest BCUT2D eigenvalue weighted by atomic mass is 10.1. The number of nitrogens with two attached hydrogens (primary N) is 1. The van der Waals surface area contributed by atoms with Crippen LogP contribution >= 0.6 is 0 Å². The largest absolute Gasteiger partial charge is 0.403 e. The molecule has 2 aromatic carbocycles. The van der Waals surface area contributed by atoms with Gasteiger partial charge in [-0.1, -0.05) is 42.5 Å². The maximum Gasteiger partial charge on any atom is 0.330 e. The molecule has 212 valence electrons. The van der Waals surface area contributed by atoms with E-state index >= 15 is 0 Å². The molecule has 1 aromatic heterocycles. The van der Waals surface area contributed by atoms with Crippen molar-refractivity contribution in [3.63, 3.8) is 0 Å². The molecule has 11 nitrogen and oxygen atoms in total. The van der Waals surface area contributed by atoms with Crippen LogP contribution in [0.3, 0.4) is 0 Å². The molecule has 0 atom stereocenters. The van der Waals surface area contributed by atoms with Gasteiger partial charge in [-0.2, -0.15) is 4.98 Å². The van der Waals surface area contributed by atoms with Crippen LogP contribution in [-0.2, 0) is 17.9 Å². The van der Waals surface area contributed by atoms with Gasteiger partial charge in [0.05, 0.1) is 17.9 Å². The summed E-state index contributed by atoms with van der Waals surface area (Å²) < 4.78 is 0. The summed E-state index contributed by atoms with van der Waals surface area (Å²) >= 11 is 0. The highest BCUT2D eigenvalue weighted by Gasteiger charge is 2.34. The van der Waals surface area contributed by atoms with Crippen LogP contribution < -0.4 is 20.9 Å². The van der Waals surface area contributed by atoms with Crippen LogP contribution in [0.1, 0.15) is 11.1 Å².